The van der Waals surface area contributed by atoms with Gasteiger partial charge in [0, 0.05) is 105 Å². The smallest absolute Gasteiger partial charge is 0.164 e. The molecule has 0 amide bonds. The fraction of sp³-hybridized carbons (Fsp3) is 0.0224. The van der Waals surface area contributed by atoms with E-state index in [1.54, 1.807) is 0 Å². The summed E-state index contributed by atoms with van der Waals surface area (Å²) in [5.74, 6) is 3.40. The summed E-state index contributed by atoms with van der Waals surface area (Å²) < 4.78 is 7.12. The molecule has 1 aliphatic rings. The number of para-hydroxylation sites is 6. The molecule has 0 unspecified atom stereocenters. The minimum absolute atomic E-state index is 0.0889. The second kappa shape index (κ2) is 34.8. The van der Waals surface area contributed by atoms with Crippen molar-refractivity contribution in [3.63, 3.8) is 0 Å². The molecule has 0 saturated heterocycles. The van der Waals surface area contributed by atoms with E-state index >= 15 is 0 Å². The minimum Gasteiger partial charge on any atom is -0.309 e. The summed E-state index contributed by atoms with van der Waals surface area (Å²) in [7, 11) is 0. The summed E-state index contributed by atoms with van der Waals surface area (Å²) >= 11 is 0. The molecule has 1 aliphatic carbocycles. The number of aromatic nitrogens is 10. The summed E-state index contributed by atoms with van der Waals surface area (Å²) in [5.41, 5.74) is 31.3. The average molecular weight is 1840 g/mol. The van der Waals surface area contributed by atoms with Crippen molar-refractivity contribution in [3.8, 4) is 130 Å². The largest absolute Gasteiger partial charge is 0.309 e. The molecule has 22 aromatic carbocycles. The average Bonchev–Trinajstić information content (AvgIpc) is 1.59. The van der Waals surface area contributed by atoms with Gasteiger partial charge in [-0.05, 0) is 203 Å². The van der Waals surface area contributed by atoms with Crippen molar-refractivity contribution >= 4 is 130 Å². The second-order valence-electron chi connectivity index (χ2n) is 37.7. The Kier molecular flexibility index (Phi) is 20.4. The third-order valence-electron chi connectivity index (χ3n) is 29.0. The first kappa shape index (κ1) is 84.3. The van der Waals surface area contributed by atoms with Crippen molar-refractivity contribution in [2.75, 3.05) is 0 Å². The van der Waals surface area contributed by atoms with Crippen LogP contribution in [0.25, 0.3) is 260 Å². The molecule has 28 aromatic rings. The molecule has 0 atom stereocenters. The van der Waals surface area contributed by atoms with Crippen molar-refractivity contribution in [2.45, 2.75) is 19.3 Å². The molecule has 6 aromatic heterocycles. The first-order valence-corrected chi connectivity index (χ1v) is 49.1. The first-order valence-electron chi connectivity index (χ1n) is 49.1. The van der Waals surface area contributed by atoms with Crippen LogP contribution < -0.4 is 0 Å². The van der Waals surface area contributed by atoms with E-state index in [2.05, 4.69) is 458 Å². The molecular weight excluding hydrogens is 1750 g/mol. The van der Waals surface area contributed by atoms with Gasteiger partial charge in [0.1, 0.15) is 0 Å². The minimum atomic E-state index is -0.0889. The van der Waals surface area contributed by atoms with Gasteiger partial charge in [0.2, 0.25) is 0 Å². The molecule has 0 radical (unpaired) electrons. The van der Waals surface area contributed by atoms with Crippen LogP contribution in [0, 0.1) is 0 Å². The molecule has 0 saturated carbocycles. The van der Waals surface area contributed by atoms with Crippen molar-refractivity contribution < 1.29 is 0 Å². The highest BCUT2D eigenvalue weighted by molar-refractivity contribution is 6.26. The molecule has 0 N–H and O–H groups in total. The van der Waals surface area contributed by atoms with Gasteiger partial charge in [-0.25, -0.2) is 34.9 Å². The predicted molar refractivity (Wildman–Crippen MR) is 598 cm³/mol. The second-order valence-corrected chi connectivity index (χ2v) is 37.7. The van der Waals surface area contributed by atoms with Crippen LogP contribution >= 0.6 is 0 Å². The Morgan fingerprint density at radius 1 is 0.167 bits per heavy atom. The van der Waals surface area contributed by atoms with Gasteiger partial charge in [0.05, 0.1) is 55.5 Å². The van der Waals surface area contributed by atoms with E-state index in [4.69, 9.17) is 34.9 Å². The SMILES string of the molecule is CC1(C)c2ccccc2-c2ccc(-c3nc(-c4ccc5c(c4)c4c6ccccc6ccc4n5-c4ccccc4)nc4ccccc34)cc21.c1ccc(-c2nc(-c3ccccc3)nc(-c3ccc(-c4cc5c(c6ccccc46)c4ccccc4n5-c4ccccc4)cc3)n2)cc1.c1ccc2c(-c3ccc(-c4nc(-c5ccc(-n6c7ccccc7c7c8ccccc8ccc76)cc5)nc5ccccc45)cc3)cccc2c1. The summed E-state index contributed by atoms with van der Waals surface area (Å²) in [6, 6.07) is 176. The molecule has 29 rings (SSSR count). The predicted octanol–water partition coefficient (Wildman–Crippen LogP) is 34.3. The van der Waals surface area contributed by atoms with Crippen LogP contribution in [-0.4, -0.2) is 48.6 Å². The third kappa shape index (κ3) is 14.4. The zero-order chi connectivity index (χ0) is 95.5. The molecule has 674 valence electrons. The quantitative estimate of drug-likeness (QED) is 0.120. The molecule has 0 spiro atoms. The Morgan fingerprint density at radius 3 is 1.08 bits per heavy atom. The molecular formula is C134H88N10. The maximum atomic E-state index is 5.36. The summed E-state index contributed by atoms with van der Waals surface area (Å²) in [4.78, 5) is 35.5. The monoisotopic (exact) mass is 1840 g/mol. The van der Waals surface area contributed by atoms with Gasteiger partial charge in [-0.3, -0.25) is 0 Å². The van der Waals surface area contributed by atoms with Crippen LogP contribution in [0.5, 0.6) is 0 Å². The van der Waals surface area contributed by atoms with Crippen LogP contribution in [0.4, 0.5) is 0 Å². The number of hydrogen-bond acceptors (Lipinski definition) is 7. The normalized spacial score (nSPS) is 12.2. The summed E-state index contributed by atoms with van der Waals surface area (Å²) in [5, 5.41) is 19.6. The lowest BCUT2D eigenvalue weighted by molar-refractivity contribution is 0.660. The van der Waals surface area contributed by atoms with Crippen LogP contribution in [-0.2, 0) is 5.41 Å². The van der Waals surface area contributed by atoms with E-state index in [0.717, 1.165) is 106 Å². The third-order valence-corrected chi connectivity index (χ3v) is 29.0. The fourth-order valence-corrected chi connectivity index (χ4v) is 22.2. The number of rotatable bonds is 12. The lowest BCUT2D eigenvalue weighted by Crippen LogP contribution is -2.14. The molecule has 6 heterocycles. The number of benzene rings is 22. The highest BCUT2D eigenvalue weighted by Crippen LogP contribution is 2.52. The van der Waals surface area contributed by atoms with Gasteiger partial charge in [0.15, 0.2) is 29.1 Å². The fourth-order valence-electron chi connectivity index (χ4n) is 22.2. The Labute approximate surface area is 830 Å². The molecule has 10 nitrogen and oxygen atoms in total. The van der Waals surface area contributed by atoms with Gasteiger partial charge in [0.25, 0.3) is 0 Å². The summed E-state index contributed by atoms with van der Waals surface area (Å²) in [6.45, 7) is 4.66. The van der Waals surface area contributed by atoms with Crippen molar-refractivity contribution in [1.29, 1.82) is 0 Å². The van der Waals surface area contributed by atoms with Crippen LogP contribution in [0.15, 0.2) is 497 Å². The maximum Gasteiger partial charge on any atom is 0.164 e. The Morgan fingerprint density at radius 2 is 0.514 bits per heavy atom. The lowest BCUT2D eigenvalue weighted by atomic mass is 9.82. The number of nitrogens with zero attached hydrogens (tertiary/aromatic N) is 10. The van der Waals surface area contributed by atoms with Gasteiger partial charge < -0.3 is 13.7 Å². The molecule has 0 aliphatic heterocycles. The topological polar surface area (TPSA) is 105 Å². The van der Waals surface area contributed by atoms with E-state index in [0.29, 0.717) is 23.3 Å². The Hall–Kier alpha value is -19.0. The summed E-state index contributed by atoms with van der Waals surface area (Å²) in [6.07, 6.45) is 0. The number of hydrogen-bond donors (Lipinski definition) is 0. The van der Waals surface area contributed by atoms with E-state index in [1.165, 1.54) is 142 Å². The Balaban J connectivity index is 0.000000108. The zero-order valence-electron chi connectivity index (χ0n) is 78.8. The van der Waals surface area contributed by atoms with E-state index < -0.39 is 0 Å². The highest BCUT2D eigenvalue weighted by Gasteiger charge is 2.36. The zero-order valence-corrected chi connectivity index (χ0v) is 78.8. The van der Waals surface area contributed by atoms with Crippen molar-refractivity contribution in [3.05, 3.63) is 509 Å². The van der Waals surface area contributed by atoms with Crippen LogP contribution in [0.2, 0.25) is 0 Å². The molecule has 0 bridgehead atoms. The van der Waals surface area contributed by atoms with Crippen molar-refractivity contribution in [1.82, 2.24) is 48.6 Å². The van der Waals surface area contributed by atoms with Gasteiger partial charge >= 0.3 is 0 Å². The van der Waals surface area contributed by atoms with Gasteiger partial charge in [-0.2, -0.15) is 0 Å². The van der Waals surface area contributed by atoms with Gasteiger partial charge in [-0.15, -0.1) is 0 Å². The maximum absolute atomic E-state index is 5.36. The Bertz CT molecular complexity index is 9900. The van der Waals surface area contributed by atoms with Crippen LogP contribution in [0.1, 0.15) is 25.0 Å². The van der Waals surface area contributed by atoms with E-state index in [9.17, 15) is 0 Å². The standard InChI is InChI=1S/C46H29N3.C45H31N3.C43H28N4/c1-3-13-36-30(10-1)12-9-17-37(36)32-20-22-33(23-21-32)45-39-15-5-7-18-41(39)47-46(48-45)34-24-27-35(28-25-34)49-42-19-8-6-16-40(42)44-38-14-4-2-11-31(38)26-29-43(44)49;1-45(2)37-18-10-8-16-33(37)34-23-20-29(27-38(34)45)43-35-17-9-11-19-39(35)46-44(47-43)30-22-24-40-36(26-30)42-32-15-7-6-12-28(32)21-25-41(42)48(40)31-13-4-3-5-14-31;1-4-14-30(15-5-1)41-44-42(31-16-6-2-7-17-31)46-43(45-41)32-26-24-29(25-27-32)37-28-39-40(35-21-11-10-20-34(35)37)36-22-12-13-23-38(36)47(39)33-18-8-3-9-19-33/h1-29H;3-27H,1-2H3;1-28H. The highest BCUT2D eigenvalue weighted by atomic mass is 15.0. The van der Waals surface area contributed by atoms with Crippen molar-refractivity contribution in [2.24, 2.45) is 0 Å². The lowest BCUT2D eigenvalue weighted by Gasteiger charge is -2.22. The van der Waals surface area contributed by atoms with Crippen LogP contribution in [0.3, 0.4) is 0 Å². The van der Waals surface area contributed by atoms with E-state index in [-0.39, 0.29) is 5.41 Å². The number of fused-ring (bicyclic) bond motifs is 21. The van der Waals surface area contributed by atoms with E-state index in [1.807, 2.05) is 66.7 Å². The molecule has 0 fully saturated rings. The van der Waals surface area contributed by atoms with Gasteiger partial charge in [-0.1, -0.05) is 396 Å². The molecule has 144 heavy (non-hydrogen) atoms. The first-order chi connectivity index (χ1) is 71.2. The molecule has 10 heteroatoms.